The molecule has 2 aliphatic heterocycles. The van der Waals surface area contributed by atoms with Crippen LogP contribution >= 0.6 is 0 Å². The molecule has 0 bridgehead atoms. The van der Waals surface area contributed by atoms with Crippen LogP contribution in [0.4, 0.5) is 0 Å². The highest BCUT2D eigenvalue weighted by molar-refractivity contribution is 6.01. The number of nitrogens with zero attached hydrogens (tertiary/aromatic N) is 2. The van der Waals surface area contributed by atoms with E-state index in [0.717, 1.165) is 25.9 Å². The van der Waals surface area contributed by atoms with Crippen LogP contribution in [0.2, 0.25) is 0 Å². The fraction of sp³-hybridized carbons (Fsp3) is 0.652. The van der Waals surface area contributed by atoms with Gasteiger partial charge in [-0.2, -0.15) is 0 Å². The predicted octanol–water partition coefficient (Wildman–Crippen LogP) is 3.15. The molecule has 0 radical (unpaired) electrons. The third-order valence-corrected chi connectivity index (χ3v) is 6.23. The molecule has 2 heterocycles. The van der Waals surface area contributed by atoms with Gasteiger partial charge in [-0.3, -0.25) is 9.59 Å². The van der Waals surface area contributed by atoms with Crippen LogP contribution in [0.15, 0.2) is 12.1 Å². The number of benzene rings is 1. The molecule has 1 amide bonds. The highest BCUT2D eigenvalue weighted by Crippen LogP contribution is 2.47. The Hall–Kier alpha value is -2.28. The minimum absolute atomic E-state index is 0.0505. The molecule has 0 aliphatic carbocycles. The van der Waals surface area contributed by atoms with E-state index in [9.17, 15) is 9.59 Å². The van der Waals surface area contributed by atoms with Crippen LogP contribution in [0.5, 0.6) is 17.2 Å². The predicted molar refractivity (Wildman–Crippen MR) is 115 cm³/mol. The third kappa shape index (κ3) is 4.72. The molecule has 3 rings (SSSR count). The zero-order chi connectivity index (χ0) is 21.7. The number of piperidine rings is 1. The van der Waals surface area contributed by atoms with Gasteiger partial charge in [0.25, 0.3) is 0 Å². The Kier molecular flexibility index (Phi) is 7.23. The highest BCUT2D eigenvalue weighted by Gasteiger charge is 2.45. The van der Waals surface area contributed by atoms with Crippen molar-refractivity contribution in [2.75, 3.05) is 47.4 Å². The van der Waals surface area contributed by atoms with Gasteiger partial charge in [-0.05, 0) is 32.1 Å². The summed E-state index contributed by atoms with van der Waals surface area (Å²) in [6.45, 7) is 5.18. The fourth-order valence-corrected chi connectivity index (χ4v) is 4.29. The number of likely N-dealkylation sites (tertiary alicyclic amines) is 1. The molecule has 1 spiro atoms. The van der Waals surface area contributed by atoms with Crippen molar-refractivity contribution in [3.8, 4) is 17.2 Å². The van der Waals surface area contributed by atoms with Gasteiger partial charge >= 0.3 is 0 Å². The maximum Gasteiger partial charge on any atom is 0.223 e. The molecule has 2 aliphatic rings. The minimum Gasteiger partial charge on any atom is -0.493 e. The first-order chi connectivity index (χ1) is 14.4. The molecule has 1 aromatic rings. The number of carbonyl (C=O) groups excluding carboxylic acids is 2. The molecule has 7 heteroatoms. The van der Waals surface area contributed by atoms with Crippen LogP contribution in [0.25, 0.3) is 0 Å². The Morgan fingerprint density at radius 3 is 2.57 bits per heavy atom. The molecule has 0 atom stereocenters. The van der Waals surface area contributed by atoms with E-state index in [0.29, 0.717) is 61.6 Å². The molecule has 166 valence electrons. The summed E-state index contributed by atoms with van der Waals surface area (Å²) in [6, 6.07) is 3.47. The summed E-state index contributed by atoms with van der Waals surface area (Å²) < 4.78 is 17.2. The SMILES string of the molecule is CCCCN(C)CCC(=O)N1CCC2(CC1)CC(=O)c1ccc(OC)c(OC)c1O2. The molecule has 0 N–H and O–H groups in total. The lowest BCUT2D eigenvalue weighted by molar-refractivity contribution is -0.135. The fourth-order valence-electron chi connectivity index (χ4n) is 4.29. The summed E-state index contributed by atoms with van der Waals surface area (Å²) in [5.74, 6) is 1.69. The van der Waals surface area contributed by atoms with E-state index in [1.807, 2.05) is 4.90 Å². The van der Waals surface area contributed by atoms with Crippen molar-refractivity contribution in [2.24, 2.45) is 0 Å². The number of hydrogen-bond acceptors (Lipinski definition) is 6. The average Bonchev–Trinajstić information content (AvgIpc) is 2.75. The van der Waals surface area contributed by atoms with Gasteiger partial charge in [0.1, 0.15) is 5.60 Å². The van der Waals surface area contributed by atoms with Crippen molar-refractivity contribution in [3.05, 3.63) is 17.7 Å². The maximum atomic E-state index is 12.8. The highest BCUT2D eigenvalue weighted by atomic mass is 16.5. The first kappa shape index (κ1) is 22.4. The zero-order valence-corrected chi connectivity index (χ0v) is 18.7. The van der Waals surface area contributed by atoms with Crippen molar-refractivity contribution in [2.45, 2.75) is 51.0 Å². The Bertz CT molecular complexity index is 771. The Labute approximate surface area is 179 Å². The van der Waals surface area contributed by atoms with Crippen molar-refractivity contribution in [1.29, 1.82) is 0 Å². The van der Waals surface area contributed by atoms with E-state index in [2.05, 4.69) is 18.9 Å². The van der Waals surface area contributed by atoms with E-state index in [4.69, 9.17) is 14.2 Å². The molecular weight excluding hydrogens is 384 g/mol. The molecule has 0 saturated carbocycles. The lowest BCUT2D eigenvalue weighted by Gasteiger charge is -2.44. The number of rotatable bonds is 8. The minimum atomic E-state index is -0.585. The van der Waals surface area contributed by atoms with Gasteiger partial charge in [-0.1, -0.05) is 13.3 Å². The van der Waals surface area contributed by atoms with E-state index in [1.54, 1.807) is 26.4 Å². The summed E-state index contributed by atoms with van der Waals surface area (Å²) in [5.41, 5.74) is -0.0507. The van der Waals surface area contributed by atoms with Crippen LogP contribution in [-0.2, 0) is 4.79 Å². The molecule has 1 aromatic carbocycles. The van der Waals surface area contributed by atoms with Gasteiger partial charge < -0.3 is 24.0 Å². The first-order valence-electron chi connectivity index (χ1n) is 10.9. The first-order valence-corrected chi connectivity index (χ1v) is 10.9. The maximum absolute atomic E-state index is 12.8. The summed E-state index contributed by atoms with van der Waals surface area (Å²) in [4.78, 5) is 29.6. The Morgan fingerprint density at radius 2 is 1.93 bits per heavy atom. The quantitative estimate of drug-likeness (QED) is 0.646. The molecule has 1 fully saturated rings. The lowest BCUT2D eigenvalue weighted by Crippen LogP contribution is -2.52. The number of fused-ring (bicyclic) bond motifs is 1. The van der Waals surface area contributed by atoms with Crippen molar-refractivity contribution >= 4 is 11.7 Å². The van der Waals surface area contributed by atoms with E-state index in [-0.39, 0.29) is 11.7 Å². The van der Waals surface area contributed by atoms with E-state index in [1.165, 1.54) is 0 Å². The van der Waals surface area contributed by atoms with Crippen LogP contribution in [0.1, 0.15) is 55.8 Å². The second-order valence-electron chi connectivity index (χ2n) is 8.35. The van der Waals surface area contributed by atoms with Gasteiger partial charge in [0.05, 0.1) is 26.2 Å². The Morgan fingerprint density at radius 1 is 1.20 bits per heavy atom. The third-order valence-electron chi connectivity index (χ3n) is 6.23. The number of unbranched alkanes of at least 4 members (excludes halogenated alkanes) is 1. The molecule has 0 aromatic heterocycles. The molecular formula is C23H34N2O5. The molecule has 30 heavy (non-hydrogen) atoms. The largest absolute Gasteiger partial charge is 0.493 e. The monoisotopic (exact) mass is 418 g/mol. The van der Waals surface area contributed by atoms with Crippen LogP contribution in [0, 0.1) is 0 Å². The standard InChI is InChI=1S/C23H34N2O5/c1-5-6-12-24(2)13-9-20(27)25-14-10-23(11-15-25)16-18(26)17-7-8-19(28-3)22(29-4)21(17)30-23/h7-8H,5-6,9-16H2,1-4H3. The number of Topliss-reactive ketones (excluding diaryl/α,β-unsaturated/α-hetero) is 1. The summed E-state index contributed by atoms with van der Waals surface area (Å²) in [5, 5.41) is 0. The van der Waals surface area contributed by atoms with Gasteiger partial charge in [0, 0.05) is 38.9 Å². The summed E-state index contributed by atoms with van der Waals surface area (Å²) >= 11 is 0. The number of methoxy groups -OCH3 is 2. The Balaban J connectivity index is 1.63. The summed E-state index contributed by atoms with van der Waals surface area (Å²) in [7, 11) is 5.18. The smallest absolute Gasteiger partial charge is 0.223 e. The molecule has 7 nitrogen and oxygen atoms in total. The lowest BCUT2D eigenvalue weighted by atomic mass is 9.82. The van der Waals surface area contributed by atoms with Crippen molar-refractivity contribution < 1.29 is 23.8 Å². The van der Waals surface area contributed by atoms with E-state index < -0.39 is 5.60 Å². The van der Waals surface area contributed by atoms with Gasteiger partial charge in [-0.15, -0.1) is 0 Å². The van der Waals surface area contributed by atoms with Crippen LogP contribution in [0.3, 0.4) is 0 Å². The number of amides is 1. The molecule has 0 unspecified atom stereocenters. The average molecular weight is 419 g/mol. The summed E-state index contributed by atoms with van der Waals surface area (Å²) in [6.07, 6.45) is 4.44. The normalized spacial score (nSPS) is 17.6. The number of hydrogen-bond donors (Lipinski definition) is 0. The van der Waals surface area contributed by atoms with Gasteiger partial charge in [0.15, 0.2) is 17.3 Å². The number of carbonyl (C=O) groups is 2. The number of ether oxygens (including phenoxy) is 3. The number of ketones is 1. The van der Waals surface area contributed by atoms with Crippen molar-refractivity contribution in [1.82, 2.24) is 9.80 Å². The van der Waals surface area contributed by atoms with E-state index >= 15 is 0 Å². The van der Waals surface area contributed by atoms with Crippen molar-refractivity contribution in [3.63, 3.8) is 0 Å². The topological polar surface area (TPSA) is 68.3 Å². The zero-order valence-electron chi connectivity index (χ0n) is 18.7. The van der Waals surface area contributed by atoms with Gasteiger partial charge in [-0.25, -0.2) is 0 Å². The second kappa shape index (κ2) is 9.69. The van der Waals surface area contributed by atoms with Crippen LogP contribution < -0.4 is 14.2 Å². The van der Waals surface area contributed by atoms with Gasteiger partial charge in [0.2, 0.25) is 11.7 Å². The molecule has 1 saturated heterocycles. The van der Waals surface area contributed by atoms with Crippen LogP contribution in [-0.4, -0.2) is 74.5 Å². The second-order valence-corrected chi connectivity index (χ2v) is 8.35.